The number of aliphatic hydroxyl groups is 1. The summed E-state index contributed by atoms with van der Waals surface area (Å²) in [7, 11) is 0. The molecule has 1 fully saturated rings. The summed E-state index contributed by atoms with van der Waals surface area (Å²) in [6, 6.07) is 4.16. The van der Waals surface area contributed by atoms with Crippen molar-refractivity contribution in [2.75, 3.05) is 5.75 Å². The van der Waals surface area contributed by atoms with Gasteiger partial charge in [0.15, 0.2) is 0 Å². The molecule has 1 saturated heterocycles. The van der Waals surface area contributed by atoms with Crippen LogP contribution < -0.4 is 0 Å². The first-order chi connectivity index (χ1) is 6.71. The van der Waals surface area contributed by atoms with E-state index in [1.54, 1.807) is 11.3 Å². The molecule has 0 spiro atoms. The molecule has 0 amide bonds. The monoisotopic (exact) mass is 228 g/mol. The van der Waals surface area contributed by atoms with E-state index in [1.165, 1.54) is 17.1 Å². The Hall–Kier alpha value is 0.01000. The van der Waals surface area contributed by atoms with Gasteiger partial charge in [-0.2, -0.15) is 11.8 Å². The van der Waals surface area contributed by atoms with E-state index in [-0.39, 0.29) is 10.9 Å². The number of hydrogen-bond acceptors (Lipinski definition) is 3. The predicted octanol–water partition coefficient (Wildman–Crippen LogP) is 2.94. The fourth-order valence-corrected chi connectivity index (χ4v) is 3.96. The van der Waals surface area contributed by atoms with E-state index in [4.69, 9.17) is 0 Å². The second-order valence-corrected chi connectivity index (χ2v) is 6.73. The Morgan fingerprint density at radius 3 is 3.07 bits per heavy atom. The van der Waals surface area contributed by atoms with Crippen molar-refractivity contribution < 1.29 is 5.11 Å². The van der Waals surface area contributed by atoms with Crippen molar-refractivity contribution in [1.29, 1.82) is 0 Å². The maximum atomic E-state index is 10.2. The van der Waals surface area contributed by atoms with Gasteiger partial charge in [-0.25, -0.2) is 0 Å². The number of hydrogen-bond donors (Lipinski definition) is 1. The molecular formula is C11H16OS2. The first-order valence-corrected chi connectivity index (χ1v) is 6.92. The molecule has 1 aliphatic rings. The smallest absolute Gasteiger partial charge is 0.0732 e. The SMILES string of the molecule is CC1(C(O)Cc2cccs2)CCCS1. The molecule has 1 nitrogen and oxygen atoms in total. The van der Waals surface area contributed by atoms with Gasteiger partial charge >= 0.3 is 0 Å². The lowest BCUT2D eigenvalue weighted by atomic mass is 9.96. The quantitative estimate of drug-likeness (QED) is 0.858. The normalized spacial score (nSPS) is 29.3. The van der Waals surface area contributed by atoms with E-state index in [9.17, 15) is 5.11 Å². The van der Waals surface area contributed by atoms with Crippen molar-refractivity contribution in [3.8, 4) is 0 Å². The van der Waals surface area contributed by atoms with Gasteiger partial charge in [0.2, 0.25) is 0 Å². The molecule has 0 aromatic carbocycles. The van der Waals surface area contributed by atoms with Gasteiger partial charge in [-0.05, 0) is 37.0 Å². The third kappa shape index (κ3) is 2.15. The predicted molar refractivity (Wildman–Crippen MR) is 64.1 cm³/mol. The van der Waals surface area contributed by atoms with Gasteiger partial charge in [0.1, 0.15) is 0 Å². The van der Waals surface area contributed by atoms with Crippen molar-refractivity contribution in [3.63, 3.8) is 0 Å². The number of rotatable bonds is 3. The van der Waals surface area contributed by atoms with Crippen molar-refractivity contribution in [3.05, 3.63) is 22.4 Å². The molecule has 0 bridgehead atoms. The lowest BCUT2D eigenvalue weighted by Gasteiger charge is -2.28. The van der Waals surface area contributed by atoms with Crippen LogP contribution >= 0.6 is 23.1 Å². The minimum Gasteiger partial charge on any atom is -0.391 e. The molecule has 0 aliphatic carbocycles. The van der Waals surface area contributed by atoms with Gasteiger partial charge in [0.05, 0.1) is 6.10 Å². The zero-order chi connectivity index (χ0) is 10.0. The Labute approximate surface area is 93.5 Å². The van der Waals surface area contributed by atoms with Gasteiger partial charge in [0, 0.05) is 16.0 Å². The molecule has 1 N–H and O–H groups in total. The molecule has 0 radical (unpaired) electrons. The van der Waals surface area contributed by atoms with Crippen LogP contribution in [0.3, 0.4) is 0 Å². The highest BCUT2D eigenvalue weighted by atomic mass is 32.2. The van der Waals surface area contributed by atoms with Crippen molar-refractivity contribution in [1.82, 2.24) is 0 Å². The average molecular weight is 228 g/mol. The van der Waals surface area contributed by atoms with Crippen LogP contribution in [0.4, 0.5) is 0 Å². The molecule has 1 aromatic rings. The molecule has 1 aromatic heterocycles. The van der Waals surface area contributed by atoms with E-state index in [1.807, 2.05) is 11.8 Å². The summed E-state index contributed by atoms with van der Waals surface area (Å²) in [5.74, 6) is 1.21. The van der Waals surface area contributed by atoms with Crippen LogP contribution in [-0.4, -0.2) is 21.7 Å². The first-order valence-electron chi connectivity index (χ1n) is 5.05. The Balaban J connectivity index is 1.98. The minimum absolute atomic E-state index is 0.101. The molecule has 0 saturated carbocycles. The molecule has 14 heavy (non-hydrogen) atoms. The van der Waals surface area contributed by atoms with Crippen LogP contribution in [0.1, 0.15) is 24.6 Å². The lowest BCUT2D eigenvalue weighted by molar-refractivity contribution is 0.134. The Kier molecular flexibility index (Phi) is 3.20. The van der Waals surface area contributed by atoms with Crippen molar-refractivity contribution in [2.24, 2.45) is 0 Å². The van der Waals surface area contributed by atoms with Crippen molar-refractivity contribution in [2.45, 2.75) is 37.0 Å². The average Bonchev–Trinajstić information content (AvgIpc) is 2.76. The molecule has 2 unspecified atom stereocenters. The standard InChI is InChI=1S/C11H16OS2/c1-11(5-3-7-14-11)10(12)8-9-4-2-6-13-9/h2,4,6,10,12H,3,5,7-8H2,1H3. The first kappa shape index (κ1) is 10.5. The van der Waals surface area contributed by atoms with E-state index < -0.39 is 0 Å². The Morgan fingerprint density at radius 2 is 2.50 bits per heavy atom. The summed E-state index contributed by atoms with van der Waals surface area (Å²) < 4.78 is 0.101. The van der Waals surface area contributed by atoms with Crippen LogP contribution in [0.15, 0.2) is 17.5 Å². The molecule has 2 heterocycles. The van der Waals surface area contributed by atoms with Crippen LogP contribution in [-0.2, 0) is 6.42 Å². The minimum atomic E-state index is -0.186. The van der Waals surface area contributed by atoms with E-state index in [0.29, 0.717) is 0 Å². The van der Waals surface area contributed by atoms with E-state index in [0.717, 1.165) is 12.8 Å². The fraction of sp³-hybridized carbons (Fsp3) is 0.636. The maximum Gasteiger partial charge on any atom is 0.0732 e. The molecule has 2 rings (SSSR count). The summed E-state index contributed by atoms with van der Waals surface area (Å²) in [4.78, 5) is 1.30. The molecule has 1 aliphatic heterocycles. The van der Waals surface area contributed by atoms with Crippen LogP contribution in [0.2, 0.25) is 0 Å². The van der Waals surface area contributed by atoms with Gasteiger partial charge in [-0.1, -0.05) is 6.07 Å². The number of aliphatic hydroxyl groups excluding tert-OH is 1. The van der Waals surface area contributed by atoms with Crippen molar-refractivity contribution >= 4 is 23.1 Å². The molecule has 2 atom stereocenters. The molecular weight excluding hydrogens is 212 g/mol. The van der Waals surface area contributed by atoms with Crippen LogP contribution in [0, 0.1) is 0 Å². The third-order valence-electron chi connectivity index (χ3n) is 2.93. The van der Waals surface area contributed by atoms with E-state index >= 15 is 0 Å². The largest absolute Gasteiger partial charge is 0.391 e. The maximum absolute atomic E-state index is 10.2. The van der Waals surface area contributed by atoms with Crippen LogP contribution in [0.5, 0.6) is 0 Å². The lowest BCUT2D eigenvalue weighted by Crippen LogP contribution is -2.35. The number of thioether (sulfide) groups is 1. The highest BCUT2D eigenvalue weighted by Gasteiger charge is 2.36. The molecule has 78 valence electrons. The zero-order valence-electron chi connectivity index (χ0n) is 8.40. The summed E-state index contributed by atoms with van der Waals surface area (Å²) >= 11 is 3.67. The van der Waals surface area contributed by atoms with Gasteiger partial charge in [-0.15, -0.1) is 11.3 Å². The summed E-state index contributed by atoms with van der Waals surface area (Å²) in [6.45, 7) is 2.20. The Bertz CT molecular complexity index is 275. The second kappa shape index (κ2) is 4.25. The topological polar surface area (TPSA) is 20.2 Å². The molecule has 3 heteroatoms. The highest BCUT2D eigenvalue weighted by Crippen LogP contribution is 2.41. The van der Waals surface area contributed by atoms with E-state index in [2.05, 4.69) is 24.4 Å². The third-order valence-corrected chi connectivity index (χ3v) is 5.46. The van der Waals surface area contributed by atoms with Gasteiger partial charge in [-0.3, -0.25) is 0 Å². The Morgan fingerprint density at radius 1 is 1.64 bits per heavy atom. The highest BCUT2D eigenvalue weighted by molar-refractivity contribution is 8.00. The second-order valence-electron chi connectivity index (χ2n) is 4.06. The summed E-state index contributed by atoms with van der Waals surface area (Å²) in [5, 5.41) is 12.2. The summed E-state index contributed by atoms with van der Waals surface area (Å²) in [5.41, 5.74) is 0. The van der Waals surface area contributed by atoms with Gasteiger partial charge < -0.3 is 5.11 Å². The summed E-state index contributed by atoms with van der Waals surface area (Å²) in [6.07, 6.45) is 3.04. The van der Waals surface area contributed by atoms with Crippen LogP contribution in [0.25, 0.3) is 0 Å². The fourth-order valence-electron chi connectivity index (χ4n) is 1.90. The zero-order valence-corrected chi connectivity index (χ0v) is 10.0. The number of thiophene rings is 1. The van der Waals surface area contributed by atoms with Gasteiger partial charge in [0.25, 0.3) is 0 Å².